The van der Waals surface area contributed by atoms with E-state index in [-0.39, 0.29) is 5.91 Å². The SMILES string of the molecule is Cc1nc([C@H](NC(=O)c2cnns2)c2ccc(Cl)cc2)no1. The van der Waals surface area contributed by atoms with E-state index >= 15 is 0 Å². The van der Waals surface area contributed by atoms with E-state index in [1.165, 1.54) is 6.20 Å². The molecule has 0 saturated carbocycles. The maximum Gasteiger partial charge on any atom is 0.265 e. The summed E-state index contributed by atoms with van der Waals surface area (Å²) in [5.74, 6) is 0.478. The molecular formula is C13H10ClN5O2S. The molecule has 0 aliphatic rings. The predicted octanol–water partition coefficient (Wildman–Crippen LogP) is 2.40. The quantitative estimate of drug-likeness (QED) is 0.786. The number of halogens is 1. The van der Waals surface area contributed by atoms with Gasteiger partial charge in [-0.15, -0.1) is 5.10 Å². The minimum absolute atomic E-state index is 0.308. The van der Waals surface area contributed by atoms with E-state index in [9.17, 15) is 4.79 Å². The molecule has 22 heavy (non-hydrogen) atoms. The molecule has 0 fully saturated rings. The van der Waals surface area contributed by atoms with Crippen molar-refractivity contribution in [3.63, 3.8) is 0 Å². The molecule has 0 spiro atoms. The zero-order valence-corrected chi connectivity index (χ0v) is 12.9. The van der Waals surface area contributed by atoms with Crippen molar-refractivity contribution in [1.82, 2.24) is 25.0 Å². The number of benzene rings is 1. The summed E-state index contributed by atoms with van der Waals surface area (Å²) in [5.41, 5.74) is 0.788. The normalized spacial score (nSPS) is 12.1. The maximum absolute atomic E-state index is 12.2. The molecule has 0 saturated heterocycles. The number of nitrogens with one attached hydrogen (secondary N) is 1. The highest BCUT2D eigenvalue weighted by atomic mass is 35.5. The predicted molar refractivity (Wildman–Crippen MR) is 79.7 cm³/mol. The molecule has 2 heterocycles. The van der Waals surface area contributed by atoms with Gasteiger partial charge in [-0.25, -0.2) is 0 Å². The second-order valence-corrected chi connectivity index (χ2v) is 5.63. The lowest BCUT2D eigenvalue weighted by atomic mass is 10.1. The van der Waals surface area contributed by atoms with Gasteiger partial charge >= 0.3 is 0 Å². The van der Waals surface area contributed by atoms with Gasteiger partial charge in [0.05, 0.1) is 6.20 Å². The van der Waals surface area contributed by atoms with Gasteiger partial charge in [0.25, 0.3) is 5.91 Å². The van der Waals surface area contributed by atoms with Crippen LogP contribution in [0.2, 0.25) is 5.02 Å². The molecule has 1 amide bonds. The molecule has 0 aliphatic heterocycles. The third-order valence-electron chi connectivity index (χ3n) is 2.87. The first kappa shape index (κ1) is 14.6. The monoisotopic (exact) mass is 335 g/mol. The molecule has 1 N–H and O–H groups in total. The van der Waals surface area contributed by atoms with Gasteiger partial charge in [0.1, 0.15) is 10.9 Å². The summed E-state index contributed by atoms with van der Waals surface area (Å²) in [6.07, 6.45) is 1.40. The van der Waals surface area contributed by atoms with E-state index in [0.29, 0.717) is 21.6 Å². The number of amides is 1. The molecule has 7 nitrogen and oxygen atoms in total. The Labute approximate surface area is 134 Å². The highest BCUT2D eigenvalue weighted by Gasteiger charge is 2.23. The summed E-state index contributed by atoms with van der Waals surface area (Å²) in [5, 5.41) is 11.0. The van der Waals surface area contributed by atoms with E-state index in [1.54, 1.807) is 31.2 Å². The van der Waals surface area contributed by atoms with Crippen molar-refractivity contribution < 1.29 is 9.32 Å². The van der Waals surface area contributed by atoms with Crippen LogP contribution < -0.4 is 5.32 Å². The van der Waals surface area contributed by atoms with E-state index in [4.69, 9.17) is 16.1 Å². The average Bonchev–Trinajstić information content (AvgIpc) is 3.17. The molecule has 2 aromatic heterocycles. The largest absolute Gasteiger partial charge is 0.340 e. The second-order valence-electron chi connectivity index (χ2n) is 4.41. The van der Waals surface area contributed by atoms with Crippen LogP contribution in [0.3, 0.4) is 0 Å². The first-order valence-corrected chi connectivity index (χ1v) is 7.42. The number of hydrogen-bond donors (Lipinski definition) is 1. The lowest BCUT2D eigenvalue weighted by molar-refractivity contribution is 0.0945. The summed E-state index contributed by atoms with van der Waals surface area (Å²) in [4.78, 5) is 16.8. The number of carbonyl (C=O) groups excluding carboxylic acids is 1. The van der Waals surface area contributed by atoms with Crippen molar-refractivity contribution in [3.8, 4) is 0 Å². The van der Waals surface area contributed by atoms with Crippen LogP contribution in [0.25, 0.3) is 0 Å². The van der Waals surface area contributed by atoms with Crippen LogP contribution in [0.15, 0.2) is 35.0 Å². The molecule has 3 rings (SSSR count). The Hall–Kier alpha value is -2.32. The van der Waals surface area contributed by atoms with Gasteiger partial charge in [0.15, 0.2) is 5.82 Å². The third-order valence-corrected chi connectivity index (χ3v) is 3.78. The number of aryl methyl sites for hydroxylation is 1. The van der Waals surface area contributed by atoms with Crippen LogP contribution in [0, 0.1) is 6.92 Å². The molecule has 1 atom stereocenters. The topological polar surface area (TPSA) is 93.8 Å². The van der Waals surface area contributed by atoms with Crippen LogP contribution in [0.1, 0.15) is 33.0 Å². The Morgan fingerprint density at radius 2 is 2.14 bits per heavy atom. The second kappa shape index (κ2) is 6.20. The summed E-state index contributed by atoms with van der Waals surface area (Å²) in [6.45, 7) is 1.68. The lowest BCUT2D eigenvalue weighted by Crippen LogP contribution is -2.29. The van der Waals surface area contributed by atoms with Gasteiger partial charge in [-0.3, -0.25) is 4.79 Å². The first-order valence-electron chi connectivity index (χ1n) is 6.27. The van der Waals surface area contributed by atoms with E-state index in [2.05, 4.69) is 25.0 Å². The minimum Gasteiger partial charge on any atom is -0.340 e. The lowest BCUT2D eigenvalue weighted by Gasteiger charge is -2.15. The van der Waals surface area contributed by atoms with Crippen LogP contribution in [-0.4, -0.2) is 25.6 Å². The Kier molecular flexibility index (Phi) is 4.12. The number of hydrogen-bond acceptors (Lipinski definition) is 7. The molecule has 0 bridgehead atoms. The van der Waals surface area contributed by atoms with E-state index in [1.807, 2.05) is 0 Å². The van der Waals surface area contributed by atoms with Crippen molar-refractivity contribution in [1.29, 1.82) is 0 Å². The van der Waals surface area contributed by atoms with Gasteiger partial charge in [-0.1, -0.05) is 33.4 Å². The van der Waals surface area contributed by atoms with E-state index in [0.717, 1.165) is 17.1 Å². The molecule has 0 unspecified atom stereocenters. The first-order chi connectivity index (χ1) is 10.6. The molecule has 0 radical (unpaired) electrons. The molecule has 112 valence electrons. The van der Waals surface area contributed by atoms with Crippen molar-refractivity contribution in [2.24, 2.45) is 0 Å². The fraction of sp³-hybridized carbons (Fsp3) is 0.154. The fourth-order valence-electron chi connectivity index (χ4n) is 1.85. The van der Waals surface area contributed by atoms with Crippen molar-refractivity contribution in [2.45, 2.75) is 13.0 Å². The Morgan fingerprint density at radius 3 is 2.73 bits per heavy atom. The smallest absolute Gasteiger partial charge is 0.265 e. The van der Waals surface area contributed by atoms with Gasteiger partial charge < -0.3 is 9.84 Å². The van der Waals surface area contributed by atoms with Gasteiger partial charge in [0, 0.05) is 11.9 Å². The maximum atomic E-state index is 12.2. The number of aromatic nitrogens is 4. The van der Waals surface area contributed by atoms with Crippen LogP contribution in [0.4, 0.5) is 0 Å². The van der Waals surface area contributed by atoms with Gasteiger partial charge in [-0.2, -0.15) is 4.98 Å². The third kappa shape index (κ3) is 3.12. The molecule has 3 aromatic rings. The molecule has 9 heteroatoms. The zero-order valence-electron chi connectivity index (χ0n) is 11.4. The molecular weight excluding hydrogens is 326 g/mol. The summed E-state index contributed by atoms with van der Waals surface area (Å²) < 4.78 is 8.68. The summed E-state index contributed by atoms with van der Waals surface area (Å²) in [7, 11) is 0. The average molecular weight is 336 g/mol. The Balaban J connectivity index is 1.92. The zero-order chi connectivity index (χ0) is 15.5. The van der Waals surface area contributed by atoms with Crippen molar-refractivity contribution in [3.05, 3.63) is 57.6 Å². The molecule has 1 aromatic carbocycles. The highest BCUT2D eigenvalue weighted by molar-refractivity contribution is 7.07. The minimum atomic E-state index is -0.552. The van der Waals surface area contributed by atoms with Crippen molar-refractivity contribution >= 4 is 29.0 Å². The van der Waals surface area contributed by atoms with Gasteiger partial charge in [0.2, 0.25) is 5.89 Å². The van der Waals surface area contributed by atoms with E-state index < -0.39 is 6.04 Å². The standard InChI is InChI=1S/C13H10ClN5O2S/c1-7-16-12(18-21-7)11(8-2-4-9(14)5-3-8)17-13(20)10-6-15-19-22-10/h2-6,11H,1H3,(H,17,20)/t11-/m1/s1. The summed E-state index contributed by atoms with van der Waals surface area (Å²) >= 11 is 6.91. The number of nitrogens with zero attached hydrogens (tertiary/aromatic N) is 4. The van der Waals surface area contributed by atoms with Crippen molar-refractivity contribution in [2.75, 3.05) is 0 Å². The van der Waals surface area contributed by atoms with Crippen LogP contribution in [-0.2, 0) is 0 Å². The number of rotatable bonds is 4. The van der Waals surface area contributed by atoms with Crippen LogP contribution >= 0.6 is 23.1 Å². The number of carbonyl (C=O) groups is 1. The van der Waals surface area contributed by atoms with Gasteiger partial charge in [-0.05, 0) is 29.2 Å². The highest BCUT2D eigenvalue weighted by Crippen LogP contribution is 2.22. The molecule has 0 aliphatic carbocycles. The Morgan fingerprint density at radius 1 is 1.36 bits per heavy atom. The fourth-order valence-corrected chi connectivity index (χ4v) is 2.40. The Bertz CT molecular complexity index is 772. The van der Waals surface area contributed by atoms with Crippen LogP contribution in [0.5, 0.6) is 0 Å². The summed E-state index contributed by atoms with van der Waals surface area (Å²) in [6, 6.07) is 6.51.